The van der Waals surface area contributed by atoms with Gasteiger partial charge in [0.25, 0.3) is 0 Å². The van der Waals surface area contributed by atoms with E-state index in [1.165, 1.54) is 16.3 Å². The van der Waals surface area contributed by atoms with Crippen LogP contribution in [-0.2, 0) is 6.42 Å². The summed E-state index contributed by atoms with van der Waals surface area (Å²) < 4.78 is 5.52. The first-order valence-corrected chi connectivity index (χ1v) is 8.69. The van der Waals surface area contributed by atoms with Crippen molar-refractivity contribution in [3.05, 3.63) is 76.8 Å². The van der Waals surface area contributed by atoms with Crippen LogP contribution in [0.1, 0.15) is 24.0 Å². The largest absolute Gasteiger partial charge is 0.492 e. The first kappa shape index (κ1) is 16.8. The van der Waals surface area contributed by atoms with Gasteiger partial charge < -0.3 is 10.5 Å². The topological polar surface area (TPSA) is 35.2 Å². The van der Waals surface area contributed by atoms with Crippen LogP contribution in [0.3, 0.4) is 0 Å². The van der Waals surface area contributed by atoms with Crippen LogP contribution in [0.25, 0.3) is 10.8 Å². The summed E-state index contributed by atoms with van der Waals surface area (Å²) in [5.74, 6) is 0.952. The zero-order valence-electron chi connectivity index (χ0n) is 13.8. The fourth-order valence-electron chi connectivity index (χ4n) is 3.12. The summed E-state index contributed by atoms with van der Waals surface area (Å²) in [4.78, 5) is 0. The molecule has 3 aromatic carbocycles. The minimum Gasteiger partial charge on any atom is -0.492 e. The molecule has 2 N–H and O–H groups in total. The van der Waals surface area contributed by atoms with Crippen molar-refractivity contribution in [1.82, 2.24) is 0 Å². The Hall–Kier alpha value is -2.03. The second-order valence-electron chi connectivity index (χ2n) is 5.90. The van der Waals surface area contributed by atoms with Crippen molar-refractivity contribution in [1.29, 1.82) is 0 Å². The number of ether oxygens (including phenoxy) is 1. The fraction of sp³-hybridized carbons (Fsp3) is 0.238. The highest BCUT2D eigenvalue weighted by Crippen LogP contribution is 2.31. The number of rotatable bonds is 6. The molecule has 0 aliphatic rings. The van der Waals surface area contributed by atoms with Gasteiger partial charge in [0.05, 0.1) is 11.6 Å². The average molecular weight is 340 g/mol. The van der Waals surface area contributed by atoms with Gasteiger partial charge in [-0.2, -0.15) is 0 Å². The third-order valence-electron chi connectivity index (χ3n) is 4.36. The fourth-order valence-corrected chi connectivity index (χ4v) is 3.36. The molecule has 3 heteroatoms. The highest BCUT2D eigenvalue weighted by Gasteiger charge is 2.14. The van der Waals surface area contributed by atoms with Crippen LogP contribution in [-0.4, -0.2) is 13.2 Å². The van der Waals surface area contributed by atoms with Crippen molar-refractivity contribution < 1.29 is 4.74 Å². The van der Waals surface area contributed by atoms with Crippen LogP contribution in [0.5, 0.6) is 5.75 Å². The normalized spacial score (nSPS) is 12.3. The molecule has 0 fully saturated rings. The molecule has 3 aromatic rings. The number of fused-ring (bicyclic) bond motifs is 1. The average Bonchev–Trinajstić information content (AvgIpc) is 2.61. The van der Waals surface area contributed by atoms with Gasteiger partial charge in [0.2, 0.25) is 0 Å². The number of halogens is 1. The Balaban J connectivity index is 1.90. The lowest BCUT2D eigenvalue weighted by atomic mass is 9.90. The Morgan fingerprint density at radius 2 is 1.83 bits per heavy atom. The van der Waals surface area contributed by atoms with Crippen molar-refractivity contribution in [3.63, 3.8) is 0 Å². The molecule has 0 aromatic heterocycles. The van der Waals surface area contributed by atoms with Gasteiger partial charge in [0, 0.05) is 5.92 Å². The van der Waals surface area contributed by atoms with E-state index in [0.29, 0.717) is 18.2 Å². The van der Waals surface area contributed by atoms with Crippen molar-refractivity contribution in [2.24, 2.45) is 5.73 Å². The minimum absolute atomic E-state index is 0.226. The highest BCUT2D eigenvalue weighted by atomic mass is 35.5. The van der Waals surface area contributed by atoms with Crippen LogP contribution >= 0.6 is 11.6 Å². The monoisotopic (exact) mass is 339 g/mol. The first-order valence-electron chi connectivity index (χ1n) is 8.32. The lowest BCUT2D eigenvalue weighted by Crippen LogP contribution is -2.15. The van der Waals surface area contributed by atoms with Crippen LogP contribution in [0.2, 0.25) is 5.02 Å². The van der Waals surface area contributed by atoms with Crippen LogP contribution < -0.4 is 10.5 Å². The third kappa shape index (κ3) is 3.55. The molecule has 24 heavy (non-hydrogen) atoms. The zero-order chi connectivity index (χ0) is 16.9. The van der Waals surface area contributed by atoms with Gasteiger partial charge >= 0.3 is 0 Å². The van der Waals surface area contributed by atoms with Gasteiger partial charge in [-0.25, -0.2) is 0 Å². The van der Waals surface area contributed by atoms with Crippen molar-refractivity contribution in [2.45, 2.75) is 19.3 Å². The van der Waals surface area contributed by atoms with Gasteiger partial charge in [-0.1, -0.05) is 60.1 Å². The lowest BCUT2D eigenvalue weighted by molar-refractivity contribution is 0.340. The van der Waals surface area contributed by atoms with E-state index in [4.69, 9.17) is 22.1 Å². The van der Waals surface area contributed by atoms with E-state index >= 15 is 0 Å². The smallest absolute Gasteiger partial charge is 0.137 e. The Labute approximate surface area is 148 Å². The molecule has 0 aliphatic heterocycles. The van der Waals surface area contributed by atoms with Crippen LogP contribution in [0.15, 0.2) is 60.7 Å². The highest BCUT2D eigenvalue weighted by molar-refractivity contribution is 6.32. The third-order valence-corrected chi connectivity index (χ3v) is 4.65. The maximum atomic E-state index is 6.34. The molecule has 0 amide bonds. The van der Waals surface area contributed by atoms with Crippen molar-refractivity contribution >= 4 is 22.4 Å². The maximum Gasteiger partial charge on any atom is 0.137 e. The van der Waals surface area contributed by atoms with Crippen LogP contribution in [0, 0.1) is 0 Å². The molecule has 0 bridgehead atoms. The van der Waals surface area contributed by atoms with E-state index in [2.05, 4.69) is 48.5 Å². The molecule has 1 atom stereocenters. The molecule has 0 heterocycles. The molecule has 0 saturated carbocycles. The minimum atomic E-state index is 0.226. The van der Waals surface area contributed by atoms with E-state index in [9.17, 15) is 0 Å². The summed E-state index contributed by atoms with van der Waals surface area (Å²) in [5, 5.41) is 3.19. The van der Waals surface area contributed by atoms with Gasteiger partial charge in [-0.05, 0) is 53.9 Å². The summed E-state index contributed by atoms with van der Waals surface area (Å²) in [6.45, 7) is 3.14. The zero-order valence-corrected chi connectivity index (χ0v) is 14.6. The second-order valence-corrected chi connectivity index (χ2v) is 6.31. The summed E-state index contributed by atoms with van der Waals surface area (Å²) >= 11 is 6.34. The van der Waals surface area contributed by atoms with Crippen molar-refractivity contribution in [3.8, 4) is 5.75 Å². The predicted molar refractivity (Wildman–Crippen MR) is 102 cm³/mol. The molecule has 1 unspecified atom stereocenters. The maximum absolute atomic E-state index is 6.34. The molecule has 2 nitrogen and oxygen atoms in total. The molecule has 3 rings (SSSR count). The number of nitrogens with two attached hydrogens (primary N) is 1. The molecular formula is C21H22ClNO. The molecule has 0 saturated heterocycles. The molecule has 0 aliphatic carbocycles. The lowest BCUT2D eigenvalue weighted by Gasteiger charge is -2.18. The molecule has 124 valence electrons. The first-order chi connectivity index (χ1) is 11.7. The van der Waals surface area contributed by atoms with Gasteiger partial charge in [-0.15, -0.1) is 0 Å². The van der Waals surface area contributed by atoms with Crippen molar-refractivity contribution in [2.75, 3.05) is 13.2 Å². The standard InChI is InChI=1S/C21H22ClNO/c1-2-24-21-11-10-16(13-20(21)22)18(14-23)12-17-8-5-7-15-6-3-4-9-19(15)17/h3-11,13,18H,2,12,14,23H2,1H3. The van der Waals surface area contributed by atoms with Gasteiger partial charge in [0.1, 0.15) is 5.75 Å². The summed E-state index contributed by atoms with van der Waals surface area (Å²) in [6.07, 6.45) is 0.891. The Morgan fingerprint density at radius 1 is 1.04 bits per heavy atom. The summed E-state index contributed by atoms with van der Waals surface area (Å²) in [5.41, 5.74) is 8.53. The summed E-state index contributed by atoms with van der Waals surface area (Å²) in [7, 11) is 0. The number of benzene rings is 3. The Kier molecular flexibility index (Phi) is 5.39. The SMILES string of the molecule is CCOc1ccc(C(CN)Cc2cccc3ccccc23)cc1Cl. The van der Waals surface area contributed by atoms with Gasteiger partial charge in [0.15, 0.2) is 0 Å². The van der Waals surface area contributed by atoms with E-state index in [1.54, 1.807) is 0 Å². The molecular weight excluding hydrogens is 318 g/mol. The Bertz CT molecular complexity index is 826. The summed E-state index contributed by atoms with van der Waals surface area (Å²) in [6, 6.07) is 20.9. The van der Waals surface area contributed by atoms with E-state index < -0.39 is 0 Å². The Morgan fingerprint density at radius 3 is 2.58 bits per heavy atom. The molecule has 0 radical (unpaired) electrons. The van der Waals surface area contributed by atoms with E-state index in [0.717, 1.165) is 17.7 Å². The quantitative estimate of drug-likeness (QED) is 0.671. The predicted octanol–water partition coefficient (Wildman–Crippen LogP) is 5.18. The van der Waals surface area contributed by atoms with E-state index in [-0.39, 0.29) is 5.92 Å². The number of hydrogen-bond donors (Lipinski definition) is 1. The van der Waals surface area contributed by atoms with E-state index in [1.807, 2.05) is 19.1 Å². The van der Waals surface area contributed by atoms with Gasteiger partial charge in [-0.3, -0.25) is 0 Å². The van der Waals surface area contributed by atoms with Crippen LogP contribution in [0.4, 0.5) is 0 Å². The number of hydrogen-bond acceptors (Lipinski definition) is 2. The second kappa shape index (κ2) is 7.69. The molecule has 0 spiro atoms.